The van der Waals surface area contributed by atoms with Crippen LogP contribution in [0.5, 0.6) is 17.2 Å². The van der Waals surface area contributed by atoms with Gasteiger partial charge < -0.3 is 14.6 Å². The average molecular weight is 332 g/mol. The molecular weight excluding hydrogens is 312 g/mol. The van der Waals surface area contributed by atoms with Crippen LogP contribution in [0.15, 0.2) is 72.8 Å². The third kappa shape index (κ3) is 2.99. The van der Waals surface area contributed by atoms with Gasteiger partial charge in [0.05, 0.1) is 13.2 Å². The predicted octanol–water partition coefficient (Wildman–Crippen LogP) is 5.06. The molecule has 4 rings (SSSR count). The second kappa shape index (κ2) is 6.61. The second-order valence-electron chi connectivity index (χ2n) is 6.25. The van der Waals surface area contributed by atoms with E-state index in [2.05, 4.69) is 18.2 Å². The van der Waals surface area contributed by atoms with Crippen LogP contribution in [0, 0.1) is 0 Å². The first kappa shape index (κ1) is 15.7. The molecule has 0 heterocycles. The third-order valence-electron chi connectivity index (χ3n) is 4.76. The monoisotopic (exact) mass is 332 g/mol. The molecule has 0 saturated heterocycles. The van der Waals surface area contributed by atoms with E-state index in [0.29, 0.717) is 12.2 Å². The highest BCUT2D eigenvalue weighted by Gasteiger charge is 2.33. The first-order valence-corrected chi connectivity index (χ1v) is 8.44. The molecule has 0 spiro atoms. The standard InChI is InChI=1S/C22H20O3/c1-24-16-10-12-17(13-11-16)25-21-9-5-8-18-19(14-20(23)22(18)21)15-6-3-2-4-7-15/h2-13,19-20,23H,14H2,1H3/t19-,20+/m1/s1. The molecule has 0 radical (unpaired) electrons. The van der Waals surface area contributed by atoms with Crippen molar-refractivity contribution in [2.45, 2.75) is 18.4 Å². The Morgan fingerprint density at radius 2 is 1.56 bits per heavy atom. The largest absolute Gasteiger partial charge is 0.497 e. The zero-order valence-electron chi connectivity index (χ0n) is 14.1. The molecular formula is C22H20O3. The van der Waals surface area contributed by atoms with E-state index < -0.39 is 6.10 Å². The van der Waals surface area contributed by atoms with Crippen LogP contribution in [0.2, 0.25) is 0 Å². The Balaban J connectivity index is 1.68. The molecule has 3 nitrogen and oxygen atoms in total. The number of hydrogen-bond acceptors (Lipinski definition) is 3. The number of methoxy groups -OCH3 is 1. The molecule has 3 heteroatoms. The summed E-state index contributed by atoms with van der Waals surface area (Å²) >= 11 is 0. The van der Waals surface area contributed by atoms with E-state index in [-0.39, 0.29) is 5.92 Å². The second-order valence-corrected chi connectivity index (χ2v) is 6.25. The van der Waals surface area contributed by atoms with Crippen LogP contribution in [-0.2, 0) is 0 Å². The SMILES string of the molecule is COc1ccc(Oc2cccc3c2[C@@H](O)C[C@@H]3c2ccccc2)cc1. The molecule has 1 aliphatic rings. The van der Waals surface area contributed by atoms with Gasteiger partial charge in [-0.1, -0.05) is 42.5 Å². The van der Waals surface area contributed by atoms with E-state index in [4.69, 9.17) is 9.47 Å². The van der Waals surface area contributed by atoms with Crippen LogP contribution < -0.4 is 9.47 Å². The van der Waals surface area contributed by atoms with E-state index in [9.17, 15) is 5.11 Å². The van der Waals surface area contributed by atoms with E-state index in [1.165, 1.54) is 5.56 Å². The number of aliphatic hydroxyl groups is 1. The van der Waals surface area contributed by atoms with Crippen molar-refractivity contribution in [1.82, 2.24) is 0 Å². The summed E-state index contributed by atoms with van der Waals surface area (Å²) in [5.74, 6) is 2.43. The van der Waals surface area contributed by atoms with Crippen molar-refractivity contribution in [3.63, 3.8) is 0 Å². The van der Waals surface area contributed by atoms with Gasteiger partial charge in [-0.05, 0) is 47.9 Å². The number of hydrogen-bond donors (Lipinski definition) is 1. The highest BCUT2D eigenvalue weighted by molar-refractivity contribution is 5.52. The minimum Gasteiger partial charge on any atom is -0.497 e. The maximum Gasteiger partial charge on any atom is 0.133 e. The molecule has 0 bridgehead atoms. The molecule has 0 amide bonds. The van der Waals surface area contributed by atoms with Crippen molar-refractivity contribution in [2.24, 2.45) is 0 Å². The summed E-state index contributed by atoms with van der Waals surface area (Å²) < 4.78 is 11.2. The van der Waals surface area contributed by atoms with Crippen LogP contribution >= 0.6 is 0 Å². The summed E-state index contributed by atoms with van der Waals surface area (Å²) in [6.45, 7) is 0. The van der Waals surface area contributed by atoms with E-state index in [1.54, 1.807) is 7.11 Å². The lowest BCUT2D eigenvalue weighted by atomic mass is 9.93. The molecule has 2 atom stereocenters. The van der Waals surface area contributed by atoms with Crippen LogP contribution in [-0.4, -0.2) is 12.2 Å². The van der Waals surface area contributed by atoms with Gasteiger partial charge in [0.15, 0.2) is 0 Å². The van der Waals surface area contributed by atoms with Gasteiger partial charge in [-0.15, -0.1) is 0 Å². The van der Waals surface area contributed by atoms with Crippen molar-refractivity contribution in [1.29, 1.82) is 0 Å². The minimum atomic E-state index is -0.519. The lowest BCUT2D eigenvalue weighted by Gasteiger charge is -2.14. The summed E-state index contributed by atoms with van der Waals surface area (Å²) in [5.41, 5.74) is 3.26. The summed E-state index contributed by atoms with van der Waals surface area (Å²) in [6.07, 6.45) is 0.164. The fourth-order valence-corrected chi connectivity index (χ4v) is 3.55. The maximum atomic E-state index is 10.7. The Hall–Kier alpha value is -2.78. The maximum absolute atomic E-state index is 10.7. The van der Waals surface area contributed by atoms with Crippen LogP contribution in [0.3, 0.4) is 0 Å². The van der Waals surface area contributed by atoms with Gasteiger partial charge in [-0.2, -0.15) is 0 Å². The van der Waals surface area contributed by atoms with Gasteiger partial charge in [0.2, 0.25) is 0 Å². The summed E-state index contributed by atoms with van der Waals surface area (Å²) in [5, 5.41) is 10.7. The first-order valence-electron chi connectivity index (χ1n) is 8.44. The number of ether oxygens (including phenoxy) is 2. The van der Waals surface area contributed by atoms with Crippen LogP contribution in [0.4, 0.5) is 0 Å². The Kier molecular flexibility index (Phi) is 4.16. The van der Waals surface area contributed by atoms with E-state index in [0.717, 1.165) is 22.6 Å². The van der Waals surface area contributed by atoms with Crippen molar-refractivity contribution >= 4 is 0 Å². The molecule has 0 aliphatic heterocycles. The highest BCUT2D eigenvalue weighted by atomic mass is 16.5. The molecule has 3 aromatic carbocycles. The van der Waals surface area contributed by atoms with Gasteiger partial charge in [-0.3, -0.25) is 0 Å². The summed E-state index contributed by atoms with van der Waals surface area (Å²) in [6, 6.07) is 23.8. The summed E-state index contributed by atoms with van der Waals surface area (Å²) in [7, 11) is 1.64. The Morgan fingerprint density at radius 1 is 0.840 bits per heavy atom. The fraction of sp³-hybridized carbons (Fsp3) is 0.182. The summed E-state index contributed by atoms with van der Waals surface area (Å²) in [4.78, 5) is 0. The molecule has 3 aromatic rings. The van der Waals surface area contributed by atoms with Gasteiger partial charge >= 0.3 is 0 Å². The van der Waals surface area contributed by atoms with Crippen molar-refractivity contribution in [2.75, 3.05) is 7.11 Å². The van der Waals surface area contributed by atoms with E-state index >= 15 is 0 Å². The lowest BCUT2D eigenvalue weighted by Crippen LogP contribution is -1.96. The van der Waals surface area contributed by atoms with Gasteiger partial charge in [0, 0.05) is 11.5 Å². The normalized spacial score (nSPS) is 18.6. The number of fused-ring (bicyclic) bond motifs is 1. The molecule has 0 fully saturated rings. The zero-order valence-corrected chi connectivity index (χ0v) is 14.1. The predicted molar refractivity (Wildman–Crippen MR) is 97.4 cm³/mol. The average Bonchev–Trinajstić information content (AvgIpc) is 3.01. The van der Waals surface area contributed by atoms with Gasteiger partial charge in [0.1, 0.15) is 17.2 Å². The molecule has 1 aliphatic carbocycles. The Bertz CT molecular complexity index is 856. The topological polar surface area (TPSA) is 38.7 Å². The smallest absolute Gasteiger partial charge is 0.133 e. The van der Waals surface area contributed by atoms with E-state index in [1.807, 2.05) is 54.6 Å². The van der Waals surface area contributed by atoms with Gasteiger partial charge in [-0.25, -0.2) is 0 Å². The number of rotatable bonds is 4. The number of aliphatic hydroxyl groups excluding tert-OH is 1. The quantitative estimate of drug-likeness (QED) is 0.726. The van der Waals surface area contributed by atoms with Crippen molar-refractivity contribution < 1.29 is 14.6 Å². The molecule has 0 unspecified atom stereocenters. The molecule has 1 N–H and O–H groups in total. The highest BCUT2D eigenvalue weighted by Crippen LogP contribution is 2.48. The zero-order chi connectivity index (χ0) is 17.2. The van der Waals surface area contributed by atoms with Crippen molar-refractivity contribution in [3.05, 3.63) is 89.5 Å². The molecule has 0 saturated carbocycles. The lowest BCUT2D eigenvalue weighted by molar-refractivity contribution is 0.173. The first-order chi connectivity index (χ1) is 12.3. The molecule has 126 valence electrons. The Labute approximate surface area is 147 Å². The third-order valence-corrected chi connectivity index (χ3v) is 4.76. The number of benzene rings is 3. The Morgan fingerprint density at radius 3 is 2.28 bits per heavy atom. The molecule has 25 heavy (non-hydrogen) atoms. The van der Waals surface area contributed by atoms with Crippen molar-refractivity contribution in [3.8, 4) is 17.2 Å². The minimum absolute atomic E-state index is 0.200. The van der Waals surface area contributed by atoms with Gasteiger partial charge in [0.25, 0.3) is 0 Å². The van der Waals surface area contributed by atoms with Crippen LogP contribution in [0.25, 0.3) is 0 Å². The fourth-order valence-electron chi connectivity index (χ4n) is 3.55. The molecule has 0 aromatic heterocycles. The van der Waals surface area contributed by atoms with Crippen LogP contribution in [0.1, 0.15) is 35.1 Å².